The number of hydrogen-bond acceptors (Lipinski definition) is 5. The highest BCUT2D eigenvalue weighted by molar-refractivity contribution is 7.91. The number of fused-ring (bicyclic) bond motifs is 1. The van der Waals surface area contributed by atoms with E-state index in [4.69, 9.17) is 4.74 Å². The number of nitrogens with one attached hydrogen (secondary N) is 1. The van der Waals surface area contributed by atoms with Gasteiger partial charge in [-0.25, -0.2) is 8.42 Å². The van der Waals surface area contributed by atoms with Crippen molar-refractivity contribution < 1.29 is 17.9 Å². The molecule has 0 bridgehead atoms. The molecule has 0 saturated carbocycles. The molecule has 1 aromatic rings. The molecule has 21 heavy (non-hydrogen) atoms. The van der Waals surface area contributed by atoms with Crippen LogP contribution in [0.3, 0.4) is 0 Å². The zero-order valence-electron chi connectivity index (χ0n) is 12.5. The Labute approximate surface area is 125 Å². The van der Waals surface area contributed by atoms with Gasteiger partial charge in [0.05, 0.1) is 17.8 Å². The average molecular weight is 311 g/mol. The van der Waals surface area contributed by atoms with Crippen LogP contribution in [0, 0.1) is 5.92 Å². The molecule has 6 heteroatoms. The number of carbonyl (C=O) groups excluding carboxylic acids is 1. The first-order valence-electron chi connectivity index (χ1n) is 7.00. The number of carbonyl (C=O) groups is 1. The van der Waals surface area contributed by atoms with E-state index in [-0.39, 0.29) is 17.8 Å². The molecule has 0 spiro atoms. The monoisotopic (exact) mass is 311 g/mol. The minimum Gasteiger partial charge on any atom is -0.468 e. The minimum atomic E-state index is -3.28. The second kappa shape index (κ2) is 6.15. The minimum absolute atomic E-state index is 0.0159. The van der Waals surface area contributed by atoms with E-state index in [1.165, 1.54) is 7.11 Å². The van der Waals surface area contributed by atoms with Gasteiger partial charge >= 0.3 is 5.97 Å². The fourth-order valence-electron chi connectivity index (χ4n) is 2.68. The van der Waals surface area contributed by atoms with Crippen LogP contribution < -0.4 is 5.32 Å². The number of sulfone groups is 1. The average Bonchev–Trinajstić information content (AvgIpc) is 2.69. The smallest absolute Gasteiger partial charge is 0.322 e. The van der Waals surface area contributed by atoms with Crippen LogP contribution in [0.15, 0.2) is 29.2 Å². The van der Waals surface area contributed by atoms with Crippen LogP contribution in [0.4, 0.5) is 0 Å². The normalized spacial score (nSPS) is 21.0. The van der Waals surface area contributed by atoms with Gasteiger partial charge in [-0.3, -0.25) is 10.1 Å². The third-order valence-electron chi connectivity index (χ3n) is 3.61. The Morgan fingerprint density at radius 2 is 2.05 bits per heavy atom. The lowest BCUT2D eigenvalue weighted by atomic mass is 10.0. The molecule has 1 aliphatic heterocycles. The predicted molar refractivity (Wildman–Crippen MR) is 79.6 cm³/mol. The van der Waals surface area contributed by atoms with Crippen molar-refractivity contribution in [3.05, 3.63) is 29.8 Å². The van der Waals surface area contributed by atoms with E-state index in [0.29, 0.717) is 17.2 Å². The van der Waals surface area contributed by atoms with Crippen molar-refractivity contribution >= 4 is 15.8 Å². The standard InChI is InChI=1S/C15H21NO4S/c1-10(2)8-12(15(17)20-3)16-13-9-21(18,19)14-7-5-4-6-11(13)14/h4-7,10,12-13,16H,8-9H2,1-3H3. The van der Waals surface area contributed by atoms with E-state index in [0.717, 1.165) is 5.56 Å². The first-order valence-corrected chi connectivity index (χ1v) is 8.66. The molecule has 0 amide bonds. The number of rotatable bonds is 5. The van der Waals surface area contributed by atoms with Crippen LogP contribution >= 0.6 is 0 Å². The summed E-state index contributed by atoms with van der Waals surface area (Å²) in [6.45, 7) is 4.02. The van der Waals surface area contributed by atoms with Gasteiger partial charge in [-0.2, -0.15) is 0 Å². The molecule has 0 saturated heterocycles. The molecule has 0 radical (unpaired) electrons. The van der Waals surface area contributed by atoms with Crippen LogP contribution in [0.25, 0.3) is 0 Å². The summed E-state index contributed by atoms with van der Waals surface area (Å²) in [5.74, 6) is -0.0712. The Kier molecular flexibility index (Phi) is 4.68. The summed E-state index contributed by atoms with van der Waals surface area (Å²) in [7, 11) is -1.93. The van der Waals surface area contributed by atoms with E-state index < -0.39 is 15.9 Å². The zero-order valence-corrected chi connectivity index (χ0v) is 13.3. The molecule has 0 fully saturated rings. The van der Waals surface area contributed by atoms with Gasteiger partial charge in [0.15, 0.2) is 9.84 Å². The molecule has 2 rings (SSSR count). The number of hydrogen-bond donors (Lipinski definition) is 1. The molecule has 1 heterocycles. The third-order valence-corrected chi connectivity index (χ3v) is 5.42. The van der Waals surface area contributed by atoms with Crippen molar-refractivity contribution in [1.29, 1.82) is 0 Å². The predicted octanol–water partition coefficient (Wildman–Crippen LogP) is 1.69. The number of benzene rings is 1. The number of esters is 1. The van der Waals surface area contributed by atoms with Crippen LogP contribution in [-0.4, -0.2) is 33.3 Å². The topological polar surface area (TPSA) is 72.5 Å². The van der Waals surface area contributed by atoms with Gasteiger partial charge in [-0.1, -0.05) is 32.0 Å². The molecular formula is C15H21NO4S. The maximum Gasteiger partial charge on any atom is 0.322 e. The highest BCUT2D eigenvalue weighted by Crippen LogP contribution is 2.33. The first kappa shape index (κ1) is 16.0. The van der Waals surface area contributed by atoms with Crippen molar-refractivity contribution in [3.8, 4) is 0 Å². The highest BCUT2D eigenvalue weighted by Gasteiger charge is 2.36. The van der Waals surface area contributed by atoms with Gasteiger partial charge in [-0.05, 0) is 24.0 Å². The second-order valence-electron chi connectivity index (χ2n) is 5.74. The molecule has 0 aromatic heterocycles. The maximum absolute atomic E-state index is 12.2. The summed E-state index contributed by atoms with van der Waals surface area (Å²) < 4.78 is 29.1. The van der Waals surface area contributed by atoms with Crippen LogP contribution in [0.5, 0.6) is 0 Å². The van der Waals surface area contributed by atoms with Gasteiger partial charge in [0.1, 0.15) is 6.04 Å². The summed E-state index contributed by atoms with van der Waals surface area (Å²) in [5.41, 5.74) is 0.732. The lowest BCUT2D eigenvalue weighted by molar-refractivity contribution is -0.143. The van der Waals surface area contributed by atoms with Gasteiger partial charge in [-0.15, -0.1) is 0 Å². The van der Waals surface area contributed by atoms with Gasteiger partial charge < -0.3 is 4.74 Å². The number of methoxy groups -OCH3 is 1. The Hall–Kier alpha value is -1.40. The highest BCUT2D eigenvalue weighted by atomic mass is 32.2. The van der Waals surface area contributed by atoms with E-state index in [2.05, 4.69) is 5.32 Å². The molecule has 2 unspecified atom stereocenters. The fraction of sp³-hybridized carbons (Fsp3) is 0.533. The van der Waals surface area contributed by atoms with Crippen molar-refractivity contribution in [2.45, 2.75) is 37.2 Å². The van der Waals surface area contributed by atoms with Gasteiger partial charge in [0.25, 0.3) is 0 Å². The largest absolute Gasteiger partial charge is 0.468 e. The Balaban J connectivity index is 2.25. The molecule has 1 aromatic carbocycles. The summed E-state index contributed by atoms with van der Waals surface area (Å²) >= 11 is 0. The first-order chi connectivity index (χ1) is 9.85. The van der Waals surface area contributed by atoms with Crippen LogP contribution in [0.2, 0.25) is 0 Å². The molecule has 116 valence electrons. The summed E-state index contributed by atoms with van der Waals surface area (Å²) in [4.78, 5) is 12.2. The summed E-state index contributed by atoms with van der Waals surface area (Å²) in [6.07, 6.45) is 0.603. The van der Waals surface area contributed by atoms with Crippen molar-refractivity contribution in [2.24, 2.45) is 5.92 Å². The Bertz CT molecular complexity index is 624. The molecule has 1 aliphatic rings. The van der Waals surface area contributed by atoms with Gasteiger partial charge in [0, 0.05) is 6.04 Å². The van der Waals surface area contributed by atoms with Crippen LogP contribution in [-0.2, 0) is 19.4 Å². The Morgan fingerprint density at radius 3 is 2.67 bits per heavy atom. The van der Waals surface area contributed by atoms with E-state index in [1.807, 2.05) is 19.9 Å². The SMILES string of the molecule is COC(=O)C(CC(C)C)NC1CS(=O)(=O)c2ccccc21. The lowest BCUT2D eigenvalue weighted by Crippen LogP contribution is -2.41. The molecule has 1 N–H and O–H groups in total. The van der Waals surface area contributed by atoms with E-state index >= 15 is 0 Å². The second-order valence-corrected chi connectivity index (χ2v) is 7.75. The summed E-state index contributed by atoms with van der Waals surface area (Å²) in [6, 6.07) is 6.06. The van der Waals surface area contributed by atoms with Crippen LogP contribution in [0.1, 0.15) is 31.9 Å². The quantitative estimate of drug-likeness (QED) is 0.838. The lowest BCUT2D eigenvalue weighted by Gasteiger charge is -2.22. The van der Waals surface area contributed by atoms with E-state index in [9.17, 15) is 13.2 Å². The summed E-state index contributed by atoms with van der Waals surface area (Å²) in [5, 5.41) is 3.16. The molecule has 0 aliphatic carbocycles. The Morgan fingerprint density at radius 1 is 1.38 bits per heavy atom. The zero-order chi connectivity index (χ0) is 15.6. The van der Waals surface area contributed by atoms with E-state index in [1.54, 1.807) is 18.2 Å². The third kappa shape index (κ3) is 3.44. The molecular weight excluding hydrogens is 290 g/mol. The van der Waals surface area contributed by atoms with Crippen molar-refractivity contribution in [3.63, 3.8) is 0 Å². The fourth-order valence-corrected chi connectivity index (χ4v) is 4.43. The molecule has 5 nitrogen and oxygen atoms in total. The number of ether oxygens (including phenoxy) is 1. The van der Waals surface area contributed by atoms with Crippen molar-refractivity contribution in [1.82, 2.24) is 5.32 Å². The van der Waals surface area contributed by atoms with Gasteiger partial charge in [0.2, 0.25) is 0 Å². The maximum atomic E-state index is 12.2. The van der Waals surface area contributed by atoms with Crippen molar-refractivity contribution in [2.75, 3.05) is 12.9 Å². The molecule has 2 atom stereocenters.